The first kappa shape index (κ1) is 30.0. The van der Waals surface area contributed by atoms with E-state index in [1.165, 1.54) is 25.7 Å². The van der Waals surface area contributed by atoms with Gasteiger partial charge in [0.1, 0.15) is 6.61 Å². The van der Waals surface area contributed by atoms with Crippen molar-refractivity contribution < 1.29 is 37.6 Å². The maximum atomic E-state index is 12.1. The molecule has 0 saturated heterocycles. The third-order valence-electron chi connectivity index (χ3n) is 4.85. The lowest BCUT2D eigenvalue weighted by molar-refractivity contribution is -0.161. The van der Waals surface area contributed by atoms with Gasteiger partial charge in [-0.3, -0.25) is 18.6 Å². The standard InChI is InChI=1S/C22H43O8P/c1-4-6-8-10-12-14-16-21(23)28-18-20(19-29-31(25,26)27-3)30-22(24)17-15-13-11-9-7-5-2/h20H,4-19H2,1-3H3,(H,25,26)/t20-/m1/s1. The Morgan fingerprint density at radius 2 is 1.26 bits per heavy atom. The normalized spacial score (nSPS) is 14.1. The number of ether oxygens (including phenoxy) is 2. The molecule has 0 bridgehead atoms. The lowest BCUT2D eigenvalue weighted by Crippen LogP contribution is -2.29. The monoisotopic (exact) mass is 466 g/mol. The Morgan fingerprint density at radius 3 is 1.77 bits per heavy atom. The third kappa shape index (κ3) is 19.5. The van der Waals surface area contributed by atoms with Gasteiger partial charge in [-0.15, -0.1) is 0 Å². The summed E-state index contributed by atoms with van der Waals surface area (Å²) in [5, 5.41) is 0. The molecule has 1 unspecified atom stereocenters. The average molecular weight is 467 g/mol. The van der Waals surface area contributed by atoms with Crippen LogP contribution >= 0.6 is 7.82 Å². The molecule has 0 radical (unpaired) electrons. The molecular weight excluding hydrogens is 423 g/mol. The highest BCUT2D eigenvalue weighted by molar-refractivity contribution is 7.47. The third-order valence-corrected chi connectivity index (χ3v) is 5.79. The van der Waals surface area contributed by atoms with E-state index in [0.29, 0.717) is 12.8 Å². The van der Waals surface area contributed by atoms with Crippen LogP contribution in [0.25, 0.3) is 0 Å². The maximum Gasteiger partial charge on any atom is 0.472 e. The molecule has 0 rings (SSSR count). The van der Waals surface area contributed by atoms with E-state index in [2.05, 4.69) is 18.4 Å². The predicted molar refractivity (Wildman–Crippen MR) is 120 cm³/mol. The van der Waals surface area contributed by atoms with Crippen LogP contribution in [0.15, 0.2) is 0 Å². The largest absolute Gasteiger partial charge is 0.472 e. The number of phosphoric ester groups is 1. The maximum absolute atomic E-state index is 12.1. The van der Waals surface area contributed by atoms with E-state index in [1.807, 2.05) is 0 Å². The average Bonchev–Trinajstić information content (AvgIpc) is 2.75. The molecule has 0 aliphatic heterocycles. The summed E-state index contributed by atoms with van der Waals surface area (Å²) in [6.07, 6.45) is 12.2. The summed E-state index contributed by atoms with van der Waals surface area (Å²) in [7, 11) is -3.18. The second-order valence-electron chi connectivity index (χ2n) is 7.78. The Morgan fingerprint density at radius 1 is 0.774 bits per heavy atom. The lowest BCUT2D eigenvalue weighted by Gasteiger charge is -2.19. The highest BCUT2D eigenvalue weighted by atomic mass is 31.2. The van der Waals surface area contributed by atoms with Crippen LogP contribution in [-0.4, -0.2) is 43.3 Å². The summed E-state index contributed by atoms with van der Waals surface area (Å²) in [5.74, 6) is -0.826. The van der Waals surface area contributed by atoms with Crippen molar-refractivity contribution in [2.24, 2.45) is 0 Å². The summed E-state index contributed by atoms with van der Waals surface area (Å²) in [6, 6.07) is 0. The molecule has 0 amide bonds. The summed E-state index contributed by atoms with van der Waals surface area (Å²) in [4.78, 5) is 33.4. The van der Waals surface area contributed by atoms with Crippen LogP contribution in [0.3, 0.4) is 0 Å². The topological polar surface area (TPSA) is 108 Å². The molecule has 0 saturated carbocycles. The van der Waals surface area contributed by atoms with Crippen molar-refractivity contribution in [2.75, 3.05) is 20.3 Å². The molecule has 0 aromatic carbocycles. The van der Waals surface area contributed by atoms with Gasteiger partial charge in [0.05, 0.1) is 6.61 Å². The minimum Gasteiger partial charge on any atom is -0.462 e. The molecule has 8 nitrogen and oxygen atoms in total. The molecule has 2 atom stereocenters. The van der Waals surface area contributed by atoms with Crippen LogP contribution in [0.2, 0.25) is 0 Å². The van der Waals surface area contributed by atoms with Crippen LogP contribution < -0.4 is 0 Å². The molecule has 0 aliphatic carbocycles. The number of carbonyl (C=O) groups is 2. The molecule has 9 heteroatoms. The number of carbonyl (C=O) groups excluding carboxylic acids is 2. The Balaban J connectivity index is 4.32. The fourth-order valence-electron chi connectivity index (χ4n) is 2.95. The zero-order valence-corrected chi connectivity index (χ0v) is 20.5. The van der Waals surface area contributed by atoms with Crippen molar-refractivity contribution >= 4 is 19.8 Å². The van der Waals surface area contributed by atoms with Crippen molar-refractivity contribution in [1.82, 2.24) is 0 Å². The number of hydrogen-bond acceptors (Lipinski definition) is 7. The fraction of sp³-hybridized carbons (Fsp3) is 0.909. The van der Waals surface area contributed by atoms with Crippen LogP contribution in [0.5, 0.6) is 0 Å². The van der Waals surface area contributed by atoms with Gasteiger partial charge in [0.2, 0.25) is 0 Å². The summed E-state index contributed by atoms with van der Waals surface area (Å²) in [5.41, 5.74) is 0. The summed E-state index contributed by atoms with van der Waals surface area (Å²) >= 11 is 0. The van der Waals surface area contributed by atoms with Gasteiger partial charge < -0.3 is 14.4 Å². The first-order valence-corrected chi connectivity index (χ1v) is 13.2. The molecule has 0 heterocycles. The second-order valence-corrected chi connectivity index (χ2v) is 9.34. The molecule has 31 heavy (non-hydrogen) atoms. The summed E-state index contributed by atoms with van der Waals surface area (Å²) < 4.78 is 31.2. The van der Waals surface area contributed by atoms with Crippen molar-refractivity contribution in [2.45, 2.75) is 110 Å². The lowest BCUT2D eigenvalue weighted by atomic mass is 10.1. The molecule has 0 aromatic rings. The van der Waals surface area contributed by atoms with Crippen LogP contribution in [0.4, 0.5) is 0 Å². The van der Waals surface area contributed by atoms with E-state index >= 15 is 0 Å². The highest BCUT2D eigenvalue weighted by Crippen LogP contribution is 2.42. The van der Waals surface area contributed by atoms with E-state index in [0.717, 1.165) is 52.1 Å². The Bertz CT molecular complexity index is 512. The quantitative estimate of drug-likeness (QED) is 0.130. The van der Waals surface area contributed by atoms with Gasteiger partial charge >= 0.3 is 19.8 Å². The van der Waals surface area contributed by atoms with Gasteiger partial charge in [0.25, 0.3) is 0 Å². The van der Waals surface area contributed by atoms with Crippen molar-refractivity contribution in [1.29, 1.82) is 0 Å². The molecule has 1 N–H and O–H groups in total. The first-order valence-electron chi connectivity index (χ1n) is 11.7. The predicted octanol–water partition coefficient (Wildman–Crippen LogP) is 5.71. The molecule has 0 spiro atoms. The zero-order chi connectivity index (χ0) is 23.4. The van der Waals surface area contributed by atoms with Crippen molar-refractivity contribution in [3.05, 3.63) is 0 Å². The molecule has 0 aliphatic rings. The number of unbranched alkanes of at least 4 members (excludes halogenated alkanes) is 10. The van der Waals surface area contributed by atoms with Crippen molar-refractivity contribution in [3.63, 3.8) is 0 Å². The minimum atomic E-state index is -4.22. The SMILES string of the molecule is CCCCCCCCC(=O)OC[C@H](COP(=O)(O)OC)OC(=O)CCCCCCCC. The van der Waals surface area contributed by atoms with E-state index in [1.54, 1.807) is 0 Å². The Hall–Kier alpha value is -0.950. The first-order chi connectivity index (χ1) is 14.8. The van der Waals surface area contributed by atoms with Gasteiger partial charge in [-0.1, -0.05) is 78.1 Å². The number of esters is 2. The van der Waals surface area contributed by atoms with Crippen LogP contribution in [0, 0.1) is 0 Å². The van der Waals surface area contributed by atoms with Crippen molar-refractivity contribution in [3.8, 4) is 0 Å². The molecule has 184 valence electrons. The number of hydrogen-bond donors (Lipinski definition) is 1. The van der Waals surface area contributed by atoms with Gasteiger partial charge in [-0.25, -0.2) is 4.57 Å². The number of phosphoric acid groups is 1. The Labute approximate surface area is 188 Å². The number of rotatable bonds is 21. The van der Waals surface area contributed by atoms with E-state index in [4.69, 9.17) is 14.0 Å². The van der Waals surface area contributed by atoms with E-state index in [9.17, 15) is 19.0 Å². The Kier molecular flexibility index (Phi) is 19.1. The second kappa shape index (κ2) is 19.7. The fourth-order valence-corrected chi connectivity index (χ4v) is 3.41. The molecule has 0 aromatic heterocycles. The van der Waals surface area contributed by atoms with E-state index < -0.39 is 26.5 Å². The smallest absolute Gasteiger partial charge is 0.462 e. The van der Waals surface area contributed by atoms with Gasteiger partial charge in [0, 0.05) is 20.0 Å². The molecular formula is C22H43O8P. The van der Waals surface area contributed by atoms with E-state index in [-0.39, 0.29) is 19.0 Å². The van der Waals surface area contributed by atoms with Gasteiger partial charge in [-0.05, 0) is 12.8 Å². The highest BCUT2D eigenvalue weighted by Gasteiger charge is 2.24. The zero-order valence-electron chi connectivity index (χ0n) is 19.6. The summed E-state index contributed by atoms with van der Waals surface area (Å²) in [6.45, 7) is 3.68. The van der Waals surface area contributed by atoms with Crippen LogP contribution in [-0.2, 0) is 32.7 Å². The van der Waals surface area contributed by atoms with Gasteiger partial charge in [-0.2, -0.15) is 0 Å². The minimum absolute atomic E-state index is 0.222. The van der Waals surface area contributed by atoms with Gasteiger partial charge in [0.15, 0.2) is 6.10 Å². The van der Waals surface area contributed by atoms with Crippen LogP contribution in [0.1, 0.15) is 104 Å². The molecule has 0 fully saturated rings.